The van der Waals surface area contributed by atoms with Crippen LogP contribution in [0.1, 0.15) is 43.0 Å². The van der Waals surface area contributed by atoms with Crippen molar-refractivity contribution in [1.82, 2.24) is 0 Å². The van der Waals surface area contributed by atoms with E-state index >= 15 is 0 Å². The first-order valence-electron chi connectivity index (χ1n) is 10.6. The second-order valence-electron chi connectivity index (χ2n) is 7.35. The maximum atomic E-state index is 14.7. The van der Waals surface area contributed by atoms with Gasteiger partial charge in [0, 0.05) is 5.56 Å². The molecule has 0 fully saturated rings. The lowest BCUT2D eigenvalue weighted by molar-refractivity contribution is 0.0588. The van der Waals surface area contributed by atoms with Crippen molar-refractivity contribution in [3.63, 3.8) is 0 Å². The van der Waals surface area contributed by atoms with Crippen LogP contribution in [0.2, 0.25) is 0 Å². The number of esters is 2. The van der Waals surface area contributed by atoms with Gasteiger partial charge in [0.15, 0.2) is 0 Å². The minimum absolute atomic E-state index is 0.284. The summed E-state index contributed by atoms with van der Waals surface area (Å²) in [5.74, 6) is -0.626. The van der Waals surface area contributed by atoms with Gasteiger partial charge in [-0.15, -0.1) is 0 Å². The van der Waals surface area contributed by atoms with E-state index in [0.717, 1.165) is 5.56 Å². The van der Waals surface area contributed by atoms with E-state index in [1.54, 1.807) is 72.8 Å². The number of rotatable bonds is 8. The highest BCUT2D eigenvalue weighted by atomic mass is 19.1. The van der Waals surface area contributed by atoms with Crippen LogP contribution in [0.4, 0.5) is 4.39 Å². The normalized spacial score (nSPS) is 11.0. The standard InChI is InChI=1S/C28H25FO6/c1-32-25-13-9-18(15-22(25)27(30)34-3)5-6-20-8-12-21(24(29)17-20)11-7-19-10-14-26(33-2)23(16-19)28(31)35-4/h5-17H,1-4H3/b6-5+,11-7+. The summed E-state index contributed by atoms with van der Waals surface area (Å²) in [6, 6.07) is 15.0. The summed E-state index contributed by atoms with van der Waals surface area (Å²) in [4.78, 5) is 23.9. The van der Waals surface area contributed by atoms with Crippen LogP contribution in [0, 0.1) is 5.82 Å². The number of benzene rings is 3. The zero-order valence-electron chi connectivity index (χ0n) is 19.8. The smallest absolute Gasteiger partial charge is 0.341 e. The van der Waals surface area contributed by atoms with Crippen molar-refractivity contribution in [2.24, 2.45) is 0 Å². The highest BCUT2D eigenvalue weighted by Gasteiger charge is 2.13. The number of ether oxygens (including phenoxy) is 4. The fraction of sp³-hybridized carbons (Fsp3) is 0.143. The van der Waals surface area contributed by atoms with Gasteiger partial charge in [0.25, 0.3) is 0 Å². The van der Waals surface area contributed by atoms with Gasteiger partial charge in [0.1, 0.15) is 28.4 Å². The quantitative estimate of drug-likeness (QED) is 0.304. The second kappa shape index (κ2) is 11.7. The van der Waals surface area contributed by atoms with Crippen LogP contribution in [0.3, 0.4) is 0 Å². The highest BCUT2D eigenvalue weighted by molar-refractivity contribution is 5.94. The minimum Gasteiger partial charge on any atom is -0.496 e. The summed E-state index contributed by atoms with van der Waals surface area (Å²) in [5, 5.41) is 0. The molecule has 0 aliphatic heterocycles. The maximum Gasteiger partial charge on any atom is 0.341 e. The molecule has 0 spiro atoms. The lowest BCUT2D eigenvalue weighted by Gasteiger charge is -2.08. The molecule has 0 radical (unpaired) electrons. The number of methoxy groups -OCH3 is 4. The molecule has 0 atom stereocenters. The zero-order chi connectivity index (χ0) is 25.4. The van der Waals surface area contributed by atoms with Crippen molar-refractivity contribution in [3.05, 3.63) is 93.8 Å². The third kappa shape index (κ3) is 6.14. The summed E-state index contributed by atoms with van der Waals surface area (Å²) >= 11 is 0. The Labute approximate surface area is 203 Å². The fourth-order valence-corrected chi connectivity index (χ4v) is 3.36. The van der Waals surface area contributed by atoms with Crippen molar-refractivity contribution in [2.45, 2.75) is 0 Å². The van der Waals surface area contributed by atoms with E-state index < -0.39 is 17.8 Å². The summed E-state index contributed by atoms with van der Waals surface area (Å²) in [7, 11) is 5.54. The minimum atomic E-state index is -0.519. The first-order valence-corrected chi connectivity index (χ1v) is 10.6. The van der Waals surface area contributed by atoms with Crippen LogP contribution in [0.25, 0.3) is 24.3 Å². The third-order valence-corrected chi connectivity index (χ3v) is 5.21. The van der Waals surface area contributed by atoms with Crippen molar-refractivity contribution in [3.8, 4) is 11.5 Å². The Morgan fingerprint density at radius 2 is 1.06 bits per heavy atom. The largest absolute Gasteiger partial charge is 0.496 e. The van der Waals surface area contributed by atoms with E-state index in [1.807, 2.05) is 0 Å². The van der Waals surface area contributed by atoms with Crippen molar-refractivity contribution in [2.75, 3.05) is 28.4 Å². The van der Waals surface area contributed by atoms with E-state index in [9.17, 15) is 14.0 Å². The van der Waals surface area contributed by atoms with E-state index in [-0.39, 0.29) is 5.56 Å². The molecule has 7 heteroatoms. The molecule has 0 aliphatic carbocycles. The van der Waals surface area contributed by atoms with Gasteiger partial charge in [-0.2, -0.15) is 0 Å². The van der Waals surface area contributed by atoms with E-state index in [1.165, 1.54) is 34.5 Å². The first kappa shape index (κ1) is 25.2. The Kier molecular flexibility index (Phi) is 8.40. The van der Waals surface area contributed by atoms with E-state index in [0.29, 0.717) is 33.8 Å². The average Bonchev–Trinajstić information content (AvgIpc) is 2.90. The molecule has 3 aromatic rings. The molecule has 6 nitrogen and oxygen atoms in total. The van der Waals surface area contributed by atoms with Crippen LogP contribution >= 0.6 is 0 Å². The molecule has 35 heavy (non-hydrogen) atoms. The van der Waals surface area contributed by atoms with Gasteiger partial charge in [-0.05, 0) is 47.0 Å². The molecule has 0 saturated heterocycles. The molecular weight excluding hydrogens is 451 g/mol. The molecule has 0 aliphatic rings. The summed E-state index contributed by atoms with van der Waals surface area (Å²) < 4.78 is 34.7. The van der Waals surface area contributed by atoms with Gasteiger partial charge < -0.3 is 18.9 Å². The van der Waals surface area contributed by atoms with Crippen LogP contribution in [-0.2, 0) is 9.47 Å². The summed E-state index contributed by atoms with van der Waals surface area (Å²) in [6.45, 7) is 0. The number of halogens is 1. The molecule has 3 aromatic carbocycles. The molecule has 0 N–H and O–H groups in total. The topological polar surface area (TPSA) is 71.1 Å². The third-order valence-electron chi connectivity index (χ3n) is 5.21. The van der Waals surface area contributed by atoms with Gasteiger partial charge in [-0.25, -0.2) is 14.0 Å². The zero-order valence-corrected chi connectivity index (χ0v) is 19.8. The predicted molar refractivity (Wildman–Crippen MR) is 133 cm³/mol. The van der Waals surface area contributed by atoms with Crippen molar-refractivity contribution in [1.29, 1.82) is 0 Å². The van der Waals surface area contributed by atoms with Gasteiger partial charge in [0.05, 0.1) is 28.4 Å². The Morgan fingerprint density at radius 3 is 1.49 bits per heavy atom. The monoisotopic (exact) mass is 476 g/mol. The van der Waals surface area contributed by atoms with Gasteiger partial charge >= 0.3 is 11.9 Å². The Morgan fingerprint density at radius 1 is 0.629 bits per heavy atom. The van der Waals surface area contributed by atoms with Crippen LogP contribution in [-0.4, -0.2) is 40.4 Å². The molecule has 0 saturated carbocycles. The predicted octanol–water partition coefficient (Wildman–Crippen LogP) is 5.76. The molecular formula is C28H25FO6. The molecule has 0 amide bonds. The van der Waals surface area contributed by atoms with Gasteiger partial charge in [-0.1, -0.05) is 48.6 Å². The Balaban J connectivity index is 1.80. The number of hydrogen-bond acceptors (Lipinski definition) is 6. The highest BCUT2D eigenvalue weighted by Crippen LogP contribution is 2.24. The van der Waals surface area contributed by atoms with E-state index in [4.69, 9.17) is 18.9 Å². The van der Waals surface area contributed by atoms with Crippen LogP contribution in [0.5, 0.6) is 11.5 Å². The Bertz CT molecular complexity index is 1290. The SMILES string of the molecule is COC(=O)c1cc(/C=C/c2ccc(/C=C/c3ccc(OC)c(C(=O)OC)c3)c(F)c2)ccc1OC. The summed E-state index contributed by atoms with van der Waals surface area (Å²) in [5.41, 5.74) is 3.04. The Hall–Kier alpha value is -4.39. The molecule has 3 rings (SSSR count). The lowest BCUT2D eigenvalue weighted by Crippen LogP contribution is -2.04. The summed E-state index contributed by atoms with van der Waals surface area (Å²) in [6.07, 6.45) is 6.83. The fourth-order valence-electron chi connectivity index (χ4n) is 3.36. The van der Waals surface area contributed by atoms with E-state index in [2.05, 4.69) is 0 Å². The van der Waals surface area contributed by atoms with Crippen molar-refractivity contribution >= 4 is 36.2 Å². The number of hydrogen-bond donors (Lipinski definition) is 0. The average molecular weight is 477 g/mol. The second-order valence-corrected chi connectivity index (χ2v) is 7.35. The molecule has 0 aromatic heterocycles. The molecule has 180 valence electrons. The lowest BCUT2D eigenvalue weighted by atomic mass is 10.1. The number of carbonyl (C=O) groups is 2. The molecule has 0 heterocycles. The van der Waals surface area contributed by atoms with Crippen LogP contribution < -0.4 is 9.47 Å². The van der Waals surface area contributed by atoms with Gasteiger partial charge in [-0.3, -0.25) is 0 Å². The molecule has 0 bridgehead atoms. The molecule has 0 unspecified atom stereocenters. The van der Waals surface area contributed by atoms with Crippen molar-refractivity contribution < 1.29 is 32.9 Å². The van der Waals surface area contributed by atoms with Crippen LogP contribution in [0.15, 0.2) is 54.6 Å². The maximum absolute atomic E-state index is 14.7. The first-order chi connectivity index (χ1) is 16.9. The van der Waals surface area contributed by atoms with Gasteiger partial charge in [0.2, 0.25) is 0 Å². The number of carbonyl (C=O) groups excluding carboxylic acids is 2.